The van der Waals surface area contributed by atoms with Crippen LogP contribution in [0.4, 0.5) is 11.4 Å². The number of hydrogen-bond donors (Lipinski definition) is 2. The van der Waals surface area contributed by atoms with E-state index in [1.54, 1.807) is 12.1 Å². The van der Waals surface area contributed by atoms with Crippen molar-refractivity contribution in [3.8, 4) is 11.5 Å². The maximum atomic E-state index is 12.2. The summed E-state index contributed by atoms with van der Waals surface area (Å²) in [5.74, 6) is 0.694. The van der Waals surface area contributed by atoms with E-state index >= 15 is 0 Å². The molecule has 0 atom stereocenters. The molecule has 0 fully saturated rings. The molecule has 2 rings (SSSR count). The van der Waals surface area contributed by atoms with Gasteiger partial charge in [0.05, 0.1) is 17.5 Å². The van der Waals surface area contributed by atoms with Gasteiger partial charge in [-0.2, -0.15) is 8.42 Å². The zero-order valence-electron chi connectivity index (χ0n) is 12.3. The summed E-state index contributed by atoms with van der Waals surface area (Å²) in [7, 11) is -3.94. The van der Waals surface area contributed by atoms with Crippen molar-refractivity contribution >= 4 is 21.5 Å². The zero-order valence-corrected chi connectivity index (χ0v) is 13.1. The molecule has 7 heteroatoms. The Morgan fingerprint density at radius 2 is 1.50 bits per heavy atom. The molecule has 0 bridgehead atoms. The third kappa shape index (κ3) is 3.82. The molecule has 22 heavy (non-hydrogen) atoms. The van der Waals surface area contributed by atoms with Gasteiger partial charge in [-0.15, -0.1) is 0 Å². The number of anilines is 2. The summed E-state index contributed by atoms with van der Waals surface area (Å²) in [5, 5.41) is 0. The number of rotatable bonds is 5. The van der Waals surface area contributed by atoms with Crippen molar-refractivity contribution in [3.05, 3.63) is 42.5 Å². The molecule has 0 aromatic heterocycles. The molecule has 0 radical (unpaired) electrons. The number of benzene rings is 2. The molecule has 6 nitrogen and oxygen atoms in total. The summed E-state index contributed by atoms with van der Waals surface area (Å²) in [6.45, 7) is 3.78. The third-order valence-electron chi connectivity index (χ3n) is 2.75. The van der Waals surface area contributed by atoms with Gasteiger partial charge in [0.1, 0.15) is 16.4 Å². The fourth-order valence-corrected chi connectivity index (χ4v) is 2.66. The van der Waals surface area contributed by atoms with Gasteiger partial charge >= 0.3 is 10.1 Å². The molecule has 118 valence electrons. The number of nitrogen functional groups attached to an aromatic ring is 2. The molecular formula is C15H18N2O4S. The van der Waals surface area contributed by atoms with Crippen LogP contribution in [-0.2, 0) is 10.1 Å². The highest BCUT2D eigenvalue weighted by Gasteiger charge is 2.17. The molecule has 0 heterocycles. The third-order valence-corrected chi connectivity index (χ3v) is 4.01. The summed E-state index contributed by atoms with van der Waals surface area (Å²) in [4.78, 5) is 0.0269. The normalized spacial score (nSPS) is 11.4. The van der Waals surface area contributed by atoms with Gasteiger partial charge in [-0.25, -0.2) is 0 Å². The highest BCUT2D eigenvalue weighted by molar-refractivity contribution is 7.87. The van der Waals surface area contributed by atoms with Crippen LogP contribution >= 0.6 is 0 Å². The molecule has 0 saturated heterocycles. The molecule has 0 aliphatic carbocycles. The topological polar surface area (TPSA) is 105 Å². The molecule has 0 aliphatic heterocycles. The van der Waals surface area contributed by atoms with Crippen LogP contribution in [0.1, 0.15) is 13.8 Å². The van der Waals surface area contributed by atoms with E-state index in [0.717, 1.165) is 0 Å². The number of hydrogen-bond acceptors (Lipinski definition) is 6. The molecular weight excluding hydrogens is 304 g/mol. The molecule has 0 saturated carbocycles. The minimum atomic E-state index is -3.94. The Morgan fingerprint density at radius 3 is 2.05 bits per heavy atom. The van der Waals surface area contributed by atoms with Crippen molar-refractivity contribution in [2.75, 3.05) is 11.5 Å². The van der Waals surface area contributed by atoms with Crippen molar-refractivity contribution in [1.82, 2.24) is 0 Å². The molecule has 2 aromatic rings. The van der Waals surface area contributed by atoms with Crippen LogP contribution in [0.25, 0.3) is 0 Å². The maximum Gasteiger partial charge on any atom is 0.339 e. The van der Waals surface area contributed by atoms with Crippen LogP contribution in [0, 0.1) is 0 Å². The van der Waals surface area contributed by atoms with Crippen LogP contribution in [0.2, 0.25) is 0 Å². The number of ether oxygens (including phenoxy) is 1. The second-order valence-corrected chi connectivity index (χ2v) is 6.51. The highest BCUT2D eigenvalue weighted by atomic mass is 32.2. The quantitative estimate of drug-likeness (QED) is 0.647. The molecule has 0 unspecified atom stereocenters. The molecule has 2 aromatic carbocycles. The van der Waals surface area contributed by atoms with Gasteiger partial charge in [-0.05, 0) is 50.2 Å². The van der Waals surface area contributed by atoms with Gasteiger partial charge in [0.15, 0.2) is 0 Å². The second-order valence-electron chi connectivity index (χ2n) is 4.97. The first-order chi connectivity index (χ1) is 10.3. The van der Waals surface area contributed by atoms with Crippen LogP contribution in [0.15, 0.2) is 47.4 Å². The second kappa shape index (κ2) is 6.15. The van der Waals surface area contributed by atoms with Crippen LogP contribution < -0.4 is 20.4 Å². The summed E-state index contributed by atoms with van der Waals surface area (Å²) in [5.41, 5.74) is 11.8. The molecule has 0 spiro atoms. The number of nitrogens with two attached hydrogens (primary N) is 2. The lowest BCUT2D eigenvalue weighted by Crippen LogP contribution is -2.10. The Labute approximate surface area is 129 Å². The van der Waals surface area contributed by atoms with Crippen molar-refractivity contribution < 1.29 is 17.3 Å². The van der Waals surface area contributed by atoms with E-state index in [9.17, 15) is 8.42 Å². The summed E-state index contributed by atoms with van der Waals surface area (Å²) < 4.78 is 34.9. The Kier molecular flexibility index (Phi) is 4.46. The average Bonchev–Trinajstić information content (AvgIpc) is 2.42. The van der Waals surface area contributed by atoms with Gasteiger partial charge in [0.25, 0.3) is 0 Å². The van der Waals surface area contributed by atoms with Crippen LogP contribution in [-0.4, -0.2) is 14.5 Å². The van der Waals surface area contributed by atoms with Crippen molar-refractivity contribution in [1.29, 1.82) is 0 Å². The highest BCUT2D eigenvalue weighted by Crippen LogP contribution is 2.25. The van der Waals surface area contributed by atoms with E-state index in [0.29, 0.717) is 11.4 Å². The first-order valence-electron chi connectivity index (χ1n) is 6.64. The lowest BCUT2D eigenvalue weighted by molar-refractivity contribution is 0.242. The van der Waals surface area contributed by atoms with Crippen molar-refractivity contribution in [3.63, 3.8) is 0 Å². The predicted octanol–water partition coefficient (Wildman–Crippen LogP) is 2.41. The summed E-state index contributed by atoms with van der Waals surface area (Å²) in [6, 6.07) is 10.3. The van der Waals surface area contributed by atoms with Gasteiger partial charge in [-0.3, -0.25) is 0 Å². The summed E-state index contributed by atoms with van der Waals surface area (Å²) in [6.07, 6.45) is 0.0106. The Balaban J connectivity index is 2.20. The summed E-state index contributed by atoms with van der Waals surface area (Å²) >= 11 is 0. The van der Waals surface area contributed by atoms with E-state index in [2.05, 4.69) is 0 Å². The zero-order chi connectivity index (χ0) is 16.3. The SMILES string of the molecule is CC(C)Oc1ccc(S(=O)(=O)Oc2ccc(N)c(N)c2)cc1. The lowest BCUT2D eigenvalue weighted by Gasteiger charge is -2.11. The molecule has 0 aliphatic rings. The first-order valence-corrected chi connectivity index (χ1v) is 8.05. The van der Waals surface area contributed by atoms with E-state index in [-0.39, 0.29) is 22.4 Å². The van der Waals surface area contributed by atoms with E-state index < -0.39 is 10.1 Å². The van der Waals surface area contributed by atoms with Crippen molar-refractivity contribution in [2.45, 2.75) is 24.8 Å². The monoisotopic (exact) mass is 322 g/mol. The molecule has 4 N–H and O–H groups in total. The largest absolute Gasteiger partial charge is 0.491 e. The lowest BCUT2D eigenvalue weighted by atomic mass is 10.3. The van der Waals surface area contributed by atoms with E-state index in [1.807, 2.05) is 13.8 Å². The van der Waals surface area contributed by atoms with E-state index in [4.69, 9.17) is 20.4 Å². The standard InChI is InChI=1S/C15H18N2O4S/c1-10(2)20-11-3-6-13(7-4-11)22(18,19)21-12-5-8-14(16)15(17)9-12/h3-10H,16-17H2,1-2H3. The maximum absolute atomic E-state index is 12.2. The van der Waals surface area contributed by atoms with Crippen LogP contribution in [0.3, 0.4) is 0 Å². The van der Waals surface area contributed by atoms with Gasteiger partial charge in [-0.1, -0.05) is 0 Å². The minimum absolute atomic E-state index is 0.0106. The fraction of sp³-hybridized carbons (Fsp3) is 0.200. The Bertz CT molecular complexity index is 756. The van der Waals surface area contributed by atoms with Crippen LogP contribution in [0.5, 0.6) is 11.5 Å². The van der Waals surface area contributed by atoms with Gasteiger partial charge < -0.3 is 20.4 Å². The predicted molar refractivity (Wildman–Crippen MR) is 85.3 cm³/mol. The van der Waals surface area contributed by atoms with E-state index in [1.165, 1.54) is 30.3 Å². The fourth-order valence-electron chi connectivity index (χ4n) is 1.74. The van der Waals surface area contributed by atoms with Crippen molar-refractivity contribution in [2.24, 2.45) is 0 Å². The minimum Gasteiger partial charge on any atom is -0.491 e. The average molecular weight is 322 g/mol. The van der Waals surface area contributed by atoms with Gasteiger partial charge in [0, 0.05) is 6.07 Å². The Hall–Kier alpha value is -2.41. The van der Waals surface area contributed by atoms with Gasteiger partial charge in [0.2, 0.25) is 0 Å². The Morgan fingerprint density at radius 1 is 0.909 bits per heavy atom. The first kappa shape index (κ1) is 16.0. The molecule has 0 amide bonds. The smallest absolute Gasteiger partial charge is 0.339 e.